The quantitative estimate of drug-likeness (QED) is 0.172. The van der Waals surface area contributed by atoms with Gasteiger partial charge in [-0.25, -0.2) is 13.4 Å². The number of pyridine rings is 1. The van der Waals surface area contributed by atoms with Crippen molar-refractivity contribution in [1.82, 2.24) is 19.5 Å². The van der Waals surface area contributed by atoms with Crippen molar-refractivity contribution in [2.75, 3.05) is 32.8 Å². The van der Waals surface area contributed by atoms with Crippen LogP contribution >= 0.6 is 0 Å². The van der Waals surface area contributed by atoms with Gasteiger partial charge in [0.25, 0.3) is 0 Å². The Morgan fingerprint density at radius 1 is 0.970 bits per heavy atom. The smallest absolute Gasteiger partial charge is 0.306 e. The van der Waals surface area contributed by atoms with Crippen LogP contribution < -0.4 is 14.2 Å². The molecule has 4 saturated carbocycles. The molecule has 2 N–H and O–H groups in total. The van der Waals surface area contributed by atoms with Crippen LogP contribution in [0, 0.1) is 29.1 Å². The van der Waals surface area contributed by atoms with Crippen molar-refractivity contribution in [2.24, 2.45) is 29.1 Å². The zero-order chi connectivity index (χ0) is 46.4. The SMILES string of the molecule is C=C[C@@H]1C[C@]1(CC(=O)[C@@H]1C[C@@H]2CN1C(=O)[C@H](C1CCCCC1)CC(=O)O[C@@H]1C[C@H]1CCCCCc1c(nc3ccccc3c1OCCN1CCC(C)(O)CC1)O2)C(=O)NS(=O)(=O)C1(C)CC1. The Morgan fingerprint density at radius 3 is 2.39 bits per heavy atom. The van der Waals surface area contributed by atoms with Crippen molar-refractivity contribution in [2.45, 2.75) is 164 Å². The van der Waals surface area contributed by atoms with E-state index in [2.05, 4.69) is 16.2 Å². The lowest BCUT2D eigenvalue weighted by molar-refractivity contribution is -0.153. The minimum Gasteiger partial charge on any atom is -0.491 e. The number of amides is 2. The summed E-state index contributed by atoms with van der Waals surface area (Å²) in [4.78, 5) is 66.9. The number of sulfonamides is 1. The number of likely N-dealkylation sites (tertiary alicyclic amines) is 1. The summed E-state index contributed by atoms with van der Waals surface area (Å²) in [6, 6.07) is 6.86. The topological polar surface area (TPSA) is 182 Å². The van der Waals surface area contributed by atoms with E-state index in [1.165, 1.54) is 0 Å². The number of esters is 1. The fraction of sp³-hybridized carbons (Fsp3) is 0.706. The van der Waals surface area contributed by atoms with E-state index >= 15 is 4.79 Å². The second kappa shape index (κ2) is 18.8. The fourth-order valence-corrected chi connectivity index (χ4v) is 12.7. The number of aromatic nitrogens is 1. The second-order valence-electron chi connectivity index (χ2n) is 21.5. The normalized spacial score (nSPS) is 31.5. The Hall–Kier alpha value is -4.08. The molecule has 3 aliphatic heterocycles. The van der Waals surface area contributed by atoms with E-state index in [0.717, 1.165) is 88.2 Å². The minimum absolute atomic E-state index is 0.0543. The van der Waals surface area contributed by atoms with E-state index in [4.69, 9.17) is 19.2 Å². The number of aliphatic hydroxyl groups is 1. The number of ketones is 1. The highest BCUT2D eigenvalue weighted by molar-refractivity contribution is 7.91. The zero-order valence-corrected chi connectivity index (χ0v) is 39.8. The number of rotatable bonds is 12. The van der Waals surface area contributed by atoms with Gasteiger partial charge in [0, 0.05) is 37.9 Å². The lowest BCUT2D eigenvalue weighted by atomic mass is 9.77. The summed E-state index contributed by atoms with van der Waals surface area (Å²) in [5.41, 5.74) is -0.422. The monoisotopic (exact) mass is 930 g/mol. The highest BCUT2D eigenvalue weighted by Gasteiger charge is 2.62. The van der Waals surface area contributed by atoms with Crippen molar-refractivity contribution in [3.63, 3.8) is 0 Å². The molecule has 66 heavy (non-hydrogen) atoms. The summed E-state index contributed by atoms with van der Waals surface area (Å²) in [7, 11) is -3.97. The number of nitrogens with one attached hydrogen (secondary N) is 1. The van der Waals surface area contributed by atoms with Crippen LogP contribution in [0.2, 0.25) is 0 Å². The van der Waals surface area contributed by atoms with Gasteiger partial charge in [-0.05, 0) is 114 Å². The van der Waals surface area contributed by atoms with Gasteiger partial charge in [-0.1, -0.05) is 50.3 Å². The number of hydrogen-bond donors (Lipinski definition) is 2. The Morgan fingerprint density at radius 2 is 1.68 bits per heavy atom. The number of benzene rings is 1. The van der Waals surface area contributed by atoms with Crippen molar-refractivity contribution in [1.29, 1.82) is 0 Å². The van der Waals surface area contributed by atoms with E-state index in [0.29, 0.717) is 68.3 Å². The predicted octanol–water partition coefficient (Wildman–Crippen LogP) is 6.59. The van der Waals surface area contributed by atoms with Gasteiger partial charge in [0.2, 0.25) is 27.7 Å². The predicted molar refractivity (Wildman–Crippen MR) is 248 cm³/mol. The van der Waals surface area contributed by atoms with Crippen LogP contribution in [0.15, 0.2) is 36.9 Å². The molecule has 2 saturated heterocycles. The van der Waals surface area contributed by atoms with Crippen molar-refractivity contribution >= 4 is 44.5 Å². The average Bonchev–Trinajstić information content (AvgIpc) is 4.26. The van der Waals surface area contributed by atoms with Crippen LogP contribution in [-0.4, -0.2) is 113 Å². The first-order valence-corrected chi connectivity index (χ1v) is 26.4. The Kier molecular flexibility index (Phi) is 13.4. The van der Waals surface area contributed by atoms with Crippen LogP contribution in [0.4, 0.5) is 0 Å². The fourth-order valence-electron chi connectivity index (χ4n) is 11.4. The van der Waals surface area contributed by atoms with Gasteiger partial charge in [-0.2, -0.15) is 0 Å². The maximum Gasteiger partial charge on any atom is 0.306 e. The third-order valence-corrected chi connectivity index (χ3v) is 18.6. The zero-order valence-electron chi connectivity index (χ0n) is 39.0. The number of piperidine rings is 1. The maximum absolute atomic E-state index is 15.2. The molecule has 4 aliphatic carbocycles. The number of ether oxygens (including phenoxy) is 3. The van der Waals surface area contributed by atoms with Crippen LogP contribution in [0.3, 0.4) is 0 Å². The number of para-hydroxylation sites is 1. The molecule has 0 radical (unpaired) electrons. The first-order chi connectivity index (χ1) is 31.6. The molecule has 2 amide bonds. The molecule has 14 nitrogen and oxygen atoms in total. The molecule has 7 aliphatic rings. The summed E-state index contributed by atoms with van der Waals surface area (Å²) < 4.78 is 47.6. The molecule has 0 unspecified atom stereocenters. The number of nitrogens with zero attached hydrogens (tertiary/aromatic N) is 3. The number of hydrogen-bond acceptors (Lipinski definition) is 12. The summed E-state index contributed by atoms with van der Waals surface area (Å²) in [5, 5.41) is 11.4. The molecular weight excluding hydrogens is 861 g/mol. The van der Waals surface area contributed by atoms with Crippen LogP contribution in [0.25, 0.3) is 10.9 Å². The molecule has 2 bridgehead atoms. The number of fused-ring (bicyclic) bond motifs is 5. The number of allylic oxidation sites excluding steroid dienone is 1. The van der Waals surface area contributed by atoms with Crippen molar-refractivity contribution in [3.8, 4) is 11.6 Å². The van der Waals surface area contributed by atoms with Crippen molar-refractivity contribution < 1.29 is 46.9 Å². The van der Waals surface area contributed by atoms with Crippen molar-refractivity contribution in [3.05, 3.63) is 42.5 Å². The van der Waals surface area contributed by atoms with Crippen LogP contribution in [0.1, 0.15) is 135 Å². The minimum atomic E-state index is -3.97. The molecule has 7 atom stereocenters. The van der Waals surface area contributed by atoms with Gasteiger partial charge in [0.1, 0.15) is 24.6 Å². The number of Topliss-reactive ketones (excluding diaryl/α,β-unsaturated/α-hetero) is 1. The summed E-state index contributed by atoms with van der Waals surface area (Å²) in [6.07, 6.45) is 12.9. The largest absolute Gasteiger partial charge is 0.491 e. The standard InChI is InChI=1S/C51H70N4O10S/c1-4-35-30-51(35,48(59)53-66(61,62)50(3)19-20-50)31-42(56)41-28-36-32-55(41)47(58)39(33-13-7-5-8-14-33)29-44(57)65-43-27-34(43)15-9-6-10-17-38-45(37-16-11-12-18-40(37)52-46(38)64-36)63-26-25-54-23-21-49(2,60)22-24-54/h4,11-12,16,18,33-36,39,41,43,60H,1,5-10,13-15,17,19-32H2,2-3H3,(H,53,59)/t34-,35-,36-,39+,41+,43-,51-/m1/s1. The molecule has 6 fully saturated rings. The van der Waals surface area contributed by atoms with E-state index < -0.39 is 55.7 Å². The van der Waals surface area contributed by atoms with Crippen LogP contribution in [-0.2, 0) is 40.4 Å². The molecule has 2 aromatic rings. The molecule has 9 rings (SSSR count). The first-order valence-electron chi connectivity index (χ1n) is 25.0. The third kappa shape index (κ3) is 10.0. The van der Waals surface area contributed by atoms with E-state index in [1.54, 1.807) is 17.9 Å². The molecule has 1 aromatic heterocycles. The van der Waals surface area contributed by atoms with E-state index in [1.807, 2.05) is 31.2 Å². The Labute approximate surface area is 390 Å². The van der Waals surface area contributed by atoms with Crippen LogP contribution in [0.5, 0.6) is 11.6 Å². The third-order valence-electron chi connectivity index (χ3n) is 16.4. The van der Waals surface area contributed by atoms with E-state index in [-0.39, 0.29) is 61.9 Å². The van der Waals surface area contributed by atoms with Gasteiger partial charge in [0.15, 0.2) is 5.78 Å². The summed E-state index contributed by atoms with van der Waals surface area (Å²) >= 11 is 0. The lowest BCUT2D eigenvalue weighted by Crippen LogP contribution is -2.48. The molecule has 0 spiro atoms. The Balaban J connectivity index is 1.04. The molecule has 360 valence electrons. The summed E-state index contributed by atoms with van der Waals surface area (Å²) in [5.74, 6) is -1.46. The second-order valence-corrected chi connectivity index (χ2v) is 23.7. The Bertz CT molecular complexity index is 2300. The molecule has 15 heteroatoms. The molecule has 4 heterocycles. The molecular formula is C51H70N4O10S. The highest BCUT2D eigenvalue weighted by atomic mass is 32.2. The maximum atomic E-state index is 15.2. The number of carbonyl (C=O) groups excluding carboxylic acids is 4. The van der Waals surface area contributed by atoms with Gasteiger partial charge in [-0.3, -0.25) is 28.8 Å². The van der Waals surface area contributed by atoms with Gasteiger partial charge < -0.3 is 24.2 Å². The van der Waals surface area contributed by atoms with E-state index in [9.17, 15) is 27.9 Å². The molecule has 1 aromatic carbocycles. The summed E-state index contributed by atoms with van der Waals surface area (Å²) in [6.45, 7) is 10.2. The van der Waals surface area contributed by atoms with Gasteiger partial charge >= 0.3 is 5.97 Å². The lowest BCUT2D eigenvalue weighted by Gasteiger charge is -2.35. The van der Waals surface area contributed by atoms with Gasteiger partial charge in [-0.15, -0.1) is 6.58 Å². The first kappa shape index (κ1) is 47.0. The van der Waals surface area contributed by atoms with Gasteiger partial charge in [0.05, 0.1) is 51.8 Å². The number of carbonyl (C=O) groups is 4. The average molecular weight is 931 g/mol. The highest BCUT2D eigenvalue weighted by Crippen LogP contribution is 2.57.